The average molecular weight is 548 g/mol. The van der Waals surface area contributed by atoms with E-state index in [2.05, 4.69) is 6.07 Å². The normalized spacial score (nSPS) is 12.8. The van der Waals surface area contributed by atoms with Crippen LogP contribution < -0.4 is 0 Å². The van der Waals surface area contributed by atoms with Gasteiger partial charge in [0.25, 0.3) is 0 Å². The van der Waals surface area contributed by atoms with Crippen LogP contribution in [0.15, 0.2) is 54.7 Å². The minimum atomic E-state index is -0.908. The molecule has 196 valence electrons. The van der Waals surface area contributed by atoms with E-state index in [1.54, 1.807) is 18.3 Å². The summed E-state index contributed by atoms with van der Waals surface area (Å²) in [5.74, 6) is -0.416. The van der Waals surface area contributed by atoms with Crippen LogP contribution in [-0.4, -0.2) is 32.7 Å². The van der Waals surface area contributed by atoms with Gasteiger partial charge in [0, 0.05) is 29.4 Å². The van der Waals surface area contributed by atoms with Gasteiger partial charge in [0.2, 0.25) is 0 Å². The van der Waals surface area contributed by atoms with Crippen LogP contribution in [0.1, 0.15) is 44.9 Å². The van der Waals surface area contributed by atoms with Gasteiger partial charge >= 0.3 is 5.97 Å². The first-order chi connectivity index (χ1) is 18.1. The average Bonchev–Trinajstić information content (AvgIpc) is 3.45. The lowest BCUT2D eigenvalue weighted by atomic mass is 9.91. The highest BCUT2D eigenvalue weighted by Gasteiger charge is 2.33. The molecule has 38 heavy (non-hydrogen) atoms. The first-order valence-corrected chi connectivity index (χ1v) is 13.7. The van der Waals surface area contributed by atoms with Crippen LogP contribution in [0.4, 0.5) is 0 Å². The highest BCUT2D eigenvalue weighted by molar-refractivity contribution is 7.22. The maximum absolute atomic E-state index is 13.3. The number of nitrogens with zero attached hydrogens (tertiary/aromatic N) is 3. The molecule has 6 nitrogen and oxygen atoms in total. The number of fused-ring (bicyclic) bond motifs is 2. The lowest BCUT2D eigenvalue weighted by Gasteiger charge is -2.29. The molecule has 0 N–H and O–H groups in total. The molecule has 0 saturated carbocycles. The summed E-state index contributed by atoms with van der Waals surface area (Å²) in [5.41, 5.74) is 6.53. The van der Waals surface area contributed by atoms with E-state index in [1.807, 2.05) is 88.0 Å². The van der Waals surface area contributed by atoms with Crippen molar-refractivity contribution in [3.63, 3.8) is 0 Å². The molecule has 0 aliphatic rings. The molecule has 0 unspecified atom stereocenters. The molecule has 5 aromatic rings. The van der Waals surface area contributed by atoms with Gasteiger partial charge in [0.05, 0.1) is 39.2 Å². The smallest absolute Gasteiger partial charge is 0.339 e. The van der Waals surface area contributed by atoms with Gasteiger partial charge in [-0.15, -0.1) is 11.3 Å². The molecule has 0 amide bonds. The monoisotopic (exact) mass is 547 g/mol. The largest absolute Gasteiger partial charge is 0.464 e. The number of pyridine rings is 1. The highest BCUT2D eigenvalue weighted by atomic mass is 35.5. The van der Waals surface area contributed by atoms with Crippen molar-refractivity contribution in [3.05, 3.63) is 70.9 Å². The van der Waals surface area contributed by atoms with Crippen LogP contribution >= 0.6 is 22.9 Å². The van der Waals surface area contributed by atoms with Gasteiger partial charge in [-0.1, -0.05) is 23.7 Å². The van der Waals surface area contributed by atoms with Gasteiger partial charge in [0.15, 0.2) is 6.10 Å². The van der Waals surface area contributed by atoms with E-state index in [0.29, 0.717) is 5.02 Å². The Morgan fingerprint density at radius 1 is 1.08 bits per heavy atom. The first kappa shape index (κ1) is 26.4. The van der Waals surface area contributed by atoms with E-state index in [9.17, 15) is 4.79 Å². The van der Waals surface area contributed by atoms with E-state index >= 15 is 0 Å². The van der Waals surface area contributed by atoms with Crippen molar-refractivity contribution < 1.29 is 14.3 Å². The third-order valence-corrected chi connectivity index (χ3v) is 7.62. The standard InChI is InChI=1S/C30H30ClN3O3S/c1-7-36-29(35)26(37-30(3,4)5)24-17(2)16-22-27(25(24)18-8-10-19(31)11-9-18)38-28(33-22)21-12-13-23-20(32-21)14-15-34(23)6/h8-16,26H,7H2,1-6H3/t26-/m0/s1. The van der Waals surface area contributed by atoms with Crippen LogP contribution in [-0.2, 0) is 21.3 Å². The fourth-order valence-electron chi connectivity index (χ4n) is 4.63. The summed E-state index contributed by atoms with van der Waals surface area (Å²) in [7, 11) is 2.00. The molecular weight excluding hydrogens is 518 g/mol. The third kappa shape index (κ3) is 5.06. The minimum absolute atomic E-state index is 0.263. The predicted molar refractivity (Wildman–Crippen MR) is 155 cm³/mol. The van der Waals surface area contributed by atoms with Crippen LogP contribution in [0, 0.1) is 6.92 Å². The topological polar surface area (TPSA) is 66.2 Å². The zero-order chi connectivity index (χ0) is 27.2. The quantitative estimate of drug-likeness (QED) is 0.202. The molecule has 0 fully saturated rings. The summed E-state index contributed by atoms with van der Waals surface area (Å²) in [5, 5.41) is 1.44. The van der Waals surface area contributed by atoms with Crippen molar-refractivity contribution in [3.8, 4) is 21.8 Å². The molecule has 0 bridgehead atoms. The van der Waals surface area contributed by atoms with Gasteiger partial charge in [-0.2, -0.15) is 0 Å². The number of thiazole rings is 1. The lowest BCUT2D eigenvalue weighted by Crippen LogP contribution is -2.29. The molecule has 3 aromatic heterocycles. The number of halogens is 1. The Hall–Kier alpha value is -3.26. The van der Waals surface area contributed by atoms with Crippen molar-refractivity contribution in [1.29, 1.82) is 0 Å². The van der Waals surface area contributed by atoms with E-state index in [1.165, 1.54) is 0 Å². The van der Waals surface area contributed by atoms with Crippen molar-refractivity contribution in [2.24, 2.45) is 7.05 Å². The van der Waals surface area contributed by atoms with Gasteiger partial charge < -0.3 is 14.0 Å². The van der Waals surface area contributed by atoms with Crippen LogP contribution in [0.3, 0.4) is 0 Å². The molecule has 0 saturated heterocycles. The van der Waals surface area contributed by atoms with Crippen LogP contribution in [0.5, 0.6) is 0 Å². The van der Waals surface area contributed by atoms with Crippen molar-refractivity contribution in [2.45, 2.75) is 46.3 Å². The maximum Gasteiger partial charge on any atom is 0.339 e. The second-order valence-corrected chi connectivity index (χ2v) is 11.7. The van der Waals surface area contributed by atoms with Crippen molar-refractivity contribution >= 4 is 50.2 Å². The first-order valence-electron chi connectivity index (χ1n) is 12.5. The third-order valence-electron chi connectivity index (χ3n) is 6.25. The van der Waals surface area contributed by atoms with Crippen molar-refractivity contribution in [1.82, 2.24) is 14.5 Å². The molecule has 0 radical (unpaired) electrons. The Morgan fingerprint density at radius 3 is 2.50 bits per heavy atom. The molecule has 2 aromatic carbocycles. The van der Waals surface area contributed by atoms with E-state index in [4.69, 9.17) is 31.0 Å². The zero-order valence-electron chi connectivity index (χ0n) is 22.3. The van der Waals surface area contributed by atoms with E-state index < -0.39 is 17.7 Å². The number of carbonyl (C=O) groups excluding carboxylic acids is 1. The SMILES string of the molecule is CCOC(=O)[C@@H](OC(C)(C)C)c1c(C)cc2nc(-c3ccc4c(ccn4C)n3)sc2c1-c1ccc(Cl)cc1. The number of esters is 1. The Morgan fingerprint density at radius 2 is 1.82 bits per heavy atom. The van der Waals surface area contributed by atoms with Gasteiger partial charge in [-0.05, 0) is 82.1 Å². The molecule has 0 spiro atoms. The Balaban J connectivity index is 1.77. The summed E-state index contributed by atoms with van der Waals surface area (Å²) < 4.78 is 14.8. The van der Waals surface area contributed by atoms with Crippen LogP contribution in [0.2, 0.25) is 5.02 Å². The molecule has 0 aliphatic heterocycles. The Bertz CT molecular complexity index is 1650. The molecule has 8 heteroatoms. The number of hydrogen-bond donors (Lipinski definition) is 0. The molecular formula is C30H30ClN3O3S. The minimum Gasteiger partial charge on any atom is -0.464 e. The zero-order valence-corrected chi connectivity index (χ0v) is 23.9. The lowest BCUT2D eigenvalue weighted by molar-refractivity contribution is -0.166. The summed E-state index contributed by atoms with van der Waals surface area (Å²) in [6, 6.07) is 15.7. The molecule has 3 heterocycles. The van der Waals surface area contributed by atoms with E-state index in [0.717, 1.165) is 54.2 Å². The number of aryl methyl sites for hydroxylation is 2. The van der Waals surface area contributed by atoms with E-state index in [-0.39, 0.29) is 6.61 Å². The number of carbonyl (C=O) groups is 1. The van der Waals surface area contributed by atoms with Crippen LogP contribution in [0.25, 0.3) is 43.1 Å². The second kappa shape index (κ2) is 10.1. The second-order valence-electron chi connectivity index (χ2n) is 10.2. The predicted octanol–water partition coefficient (Wildman–Crippen LogP) is 7.90. The number of benzene rings is 2. The van der Waals surface area contributed by atoms with Gasteiger partial charge in [-0.25, -0.2) is 14.8 Å². The number of hydrogen-bond acceptors (Lipinski definition) is 6. The maximum atomic E-state index is 13.3. The summed E-state index contributed by atoms with van der Waals surface area (Å²) >= 11 is 7.80. The number of rotatable bonds is 6. The fourth-order valence-corrected chi connectivity index (χ4v) is 5.85. The molecule has 1 atom stereocenters. The van der Waals surface area contributed by atoms with Crippen molar-refractivity contribution in [2.75, 3.05) is 6.61 Å². The molecule has 0 aliphatic carbocycles. The summed E-state index contributed by atoms with van der Waals surface area (Å²) in [6.45, 7) is 9.86. The number of ether oxygens (including phenoxy) is 2. The summed E-state index contributed by atoms with van der Waals surface area (Å²) in [4.78, 5) is 23.2. The Kier molecular flexibility index (Phi) is 7.03. The fraction of sp³-hybridized carbons (Fsp3) is 0.300. The highest BCUT2D eigenvalue weighted by Crippen LogP contribution is 2.44. The Labute approximate surface area is 231 Å². The number of aromatic nitrogens is 3. The van der Waals surface area contributed by atoms with Gasteiger partial charge in [0.1, 0.15) is 5.01 Å². The molecule has 5 rings (SSSR count). The summed E-state index contributed by atoms with van der Waals surface area (Å²) in [6.07, 6.45) is 1.09. The van der Waals surface area contributed by atoms with Gasteiger partial charge in [-0.3, -0.25) is 0 Å².